The molecule has 4 aromatic carbocycles. The Kier molecular flexibility index (Phi) is 7.87. The average molecular weight is 539 g/mol. The minimum Gasteiger partial charge on any atom is -0.493 e. The molecule has 0 unspecified atom stereocenters. The maximum absolute atomic E-state index is 13.0. The summed E-state index contributed by atoms with van der Waals surface area (Å²) >= 11 is 0. The summed E-state index contributed by atoms with van der Waals surface area (Å²) in [6, 6.07) is 23.1. The van der Waals surface area contributed by atoms with Gasteiger partial charge in [-0.25, -0.2) is 0 Å². The van der Waals surface area contributed by atoms with Crippen molar-refractivity contribution in [1.29, 1.82) is 0 Å². The monoisotopic (exact) mass is 538 g/mol. The van der Waals surface area contributed by atoms with E-state index in [9.17, 15) is 4.79 Å². The number of amides is 1. The molecule has 5 rings (SSSR count). The molecule has 40 heavy (non-hydrogen) atoms. The number of aromatic nitrogens is 1. The second-order valence-electron chi connectivity index (χ2n) is 9.07. The first kappa shape index (κ1) is 26.6. The maximum atomic E-state index is 13.0. The Hall–Kier alpha value is -4.98. The van der Waals surface area contributed by atoms with Gasteiger partial charge in [0.15, 0.2) is 29.6 Å². The third-order valence-corrected chi connectivity index (χ3v) is 6.68. The topological polar surface area (TPSA) is 88.1 Å². The summed E-state index contributed by atoms with van der Waals surface area (Å²) < 4.78 is 27.8. The molecule has 1 N–H and O–H groups in total. The van der Waals surface area contributed by atoms with Gasteiger partial charge in [-0.1, -0.05) is 30.3 Å². The van der Waals surface area contributed by atoms with E-state index >= 15 is 0 Å². The molecule has 1 heterocycles. The Morgan fingerprint density at radius 3 is 2.15 bits per heavy atom. The van der Waals surface area contributed by atoms with Gasteiger partial charge >= 0.3 is 0 Å². The predicted octanol–water partition coefficient (Wildman–Crippen LogP) is 6.03. The molecule has 0 saturated carbocycles. The lowest BCUT2D eigenvalue weighted by Gasteiger charge is -2.17. The summed E-state index contributed by atoms with van der Waals surface area (Å²) in [6.07, 6.45) is 2.16. The van der Waals surface area contributed by atoms with Crippen LogP contribution in [0.1, 0.15) is 11.3 Å². The number of nitrogens with zero attached hydrogens (tertiary/aromatic N) is 1. The number of carbonyl (C=O) groups excluding carboxylic acids is 1. The van der Waals surface area contributed by atoms with E-state index in [1.807, 2.05) is 66.7 Å². The Bertz CT molecular complexity index is 1680. The Labute approximate surface area is 232 Å². The summed E-state index contributed by atoms with van der Waals surface area (Å²) in [6.45, 7) is -0.157. The van der Waals surface area contributed by atoms with Gasteiger partial charge in [-0.2, -0.15) is 0 Å². The molecule has 0 atom stereocenters. The van der Waals surface area contributed by atoms with Gasteiger partial charge in [0.25, 0.3) is 5.91 Å². The van der Waals surface area contributed by atoms with E-state index in [-0.39, 0.29) is 12.5 Å². The molecule has 0 aliphatic rings. The van der Waals surface area contributed by atoms with Crippen molar-refractivity contribution in [2.24, 2.45) is 0 Å². The first-order valence-electron chi connectivity index (χ1n) is 12.7. The second-order valence-corrected chi connectivity index (χ2v) is 9.07. The predicted molar refractivity (Wildman–Crippen MR) is 155 cm³/mol. The van der Waals surface area contributed by atoms with Crippen molar-refractivity contribution in [3.8, 4) is 28.7 Å². The van der Waals surface area contributed by atoms with Crippen molar-refractivity contribution in [3.63, 3.8) is 0 Å². The van der Waals surface area contributed by atoms with Crippen LogP contribution in [0.15, 0.2) is 79.0 Å². The van der Waals surface area contributed by atoms with Gasteiger partial charge in [0.05, 0.1) is 34.1 Å². The highest BCUT2D eigenvalue weighted by Gasteiger charge is 2.17. The minimum absolute atomic E-state index is 0.157. The van der Waals surface area contributed by atoms with Gasteiger partial charge in [0.1, 0.15) is 5.75 Å². The van der Waals surface area contributed by atoms with Crippen molar-refractivity contribution in [2.45, 2.75) is 6.42 Å². The number of hydrogen-bond acceptors (Lipinski definition) is 7. The van der Waals surface area contributed by atoms with Gasteiger partial charge in [0, 0.05) is 29.8 Å². The number of ether oxygens (including phenoxy) is 5. The fraction of sp³-hybridized carbons (Fsp3) is 0.188. The standard InChI is InChI=1S/C32H30N2O6/c1-36-28-15-22-11-12-33-27(25(22)17-30(28)38-3)14-23-16-29(37-2)31(39-4)18-26(23)34-32(35)19-40-24-10-9-20-7-5-6-8-21(20)13-24/h5-13,15-18H,14,19H2,1-4H3,(H,34,35). The van der Waals surface area contributed by atoms with Crippen LogP contribution in [-0.2, 0) is 11.2 Å². The maximum Gasteiger partial charge on any atom is 0.262 e. The zero-order chi connectivity index (χ0) is 28.1. The highest BCUT2D eigenvalue weighted by atomic mass is 16.5. The summed E-state index contributed by atoms with van der Waals surface area (Å²) in [5, 5.41) is 6.99. The molecule has 0 saturated heterocycles. The zero-order valence-electron chi connectivity index (χ0n) is 22.8. The lowest BCUT2D eigenvalue weighted by Crippen LogP contribution is -2.21. The summed E-state index contributed by atoms with van der Waals surface area (Å²) in [5.41, 5.74) is 2.17. The van der Waals surface area contributed by atoms with Crippen LogP contribution in [0.25, 0.3) is 21.5 Å². The molecule has 0 spiro atoms. The molecule has 0 radical (unpaired) electrons. The molecule has 204 valence electrons. The number of carbonyl (C=O) groups is 1. The van der Waals surface area contributed by atoms with Crippen LogP contribution in [0, 0.1) is 0 Å². The van der Waals surface area contributed by atoms with E-state index in [1.165, 1.54) is 0 Å². The number of benzene rings is 4. The molecule has 5 aromatic rings. The molecule has 0 fully saturated rings. The molecule has 1 aromatic heterocycles. The van der Waals surface area contributed by atoms with Gasteiger partial charge < -0.3 is 29.0 Å². The Morgan fingerprint density at radius 1 is 0.725 bits per heavy atom. The van der Waals surface area contributed by atoms with Gasteiger partial charge in [0.2, 0.25) is 0 Å². The molecular formula is C32H30N2O6. The smallest absolute Gasteiger partial charge is 0.262 e. The highest BCUT2D eigenvalue weighted by Crippen LogP contribution is 2.37. The van der Waals surface area contributed by atoms with E-state index in [2.05, 4.69) is 10.3 Å². The van der Waals surface area contributed by atoms with Crippen LogP contribution in [0.4, 0.5) is 5.69 Å². The minimum atomic E-state index is -0.307. The van der Waals surface area contributed by atoms with Crippen molar-refractivity contribution < 1.29 is 28.5 Å². The van der Waals surface area contributed by atoms with Gasteiger partial charge in [-0.05, 0) is 58.1 Å². The first-order valence-corrected chi connectivity index (χ1v) is 12.7. The van der Waals surface area contributed by atoms with Crippen LogP contribution in [0.3, 0.4) is 0 Å². The second kappa shape index (κ2) is 11.8. The number of fused-ring (bicyclic) bond motifs is 2. The van der Waals surface area contributed by atoms with Crippen molar-refractivity contribution in [1.82, 2.24) is 4.98 Å². The van der Waals surface area contributed by atoms with Crippen LogP contribution in [-0.4, -0.2) is 45.9 Å². The van der Waals surface area contributed by atoms with E-state index in [4.69, 9.17) is 23.7 Å². The number of nitrogens with one attached hydrogen (secondary N) is 1. The number of pyridine rings is 1. The Morgan fingerprint density at radius 2 is 1.40 bits per heavy atom. The van der Waals surface area contributed by atoms with Crippen molar-refractivity contribution in [2.75, 3.05) is 40.4 Å². The van der Waals surface area contributed by atoms with E-state index in [0.29, 0.717) is 40.9 Å². The van der Waals surface area contributed by atoms with Crippen LogP contribution >= 0.6 is 0 Å². The normalized spacial score (nSPS) is 10.8. The van der Waals surface area contributed by atoms with E-state index < -0.39 is 0 Å². The lowest BCUT2D eigenvalue weighted by molar-refractivity contribution is -0.118. The van der Waals surface area contributed by atoms with Crippen LogP contribution in [0.5, 0.6) is 28.7 Å². The van der Waals surface area contributed by atoms with Gasteiger partial charge in [-0.3, -0.25) is 9.78 Å². The molecule has 0 bridgehead atoms. The van der Waals surface area contributed by atoms with E-state index in [1.54, 1.807) is 40.7 Å². The van der Waals surface area contributed by atoms with E-state index in [0.717, 1.165) is 32.8 Å². The molecule has 1 amide bonds. The van der Waals surface area contributed by atoms with Crippen LogP contribution < -0.4 is 29.0 Å². The average Bonchev–Trinajstić information content (AvgIpc) is 2.99. The summed E-state index contributed by atoms with van der Waals surface area (Å²) in [7, 11) is 6.33. The number of rotatable bonds is 10. The molecule has 8 nitrogen and oxygen atoms in total. The summed E-state index contributed by atoms with van der Waals surface area (Å²) in [4.78, 5) is 17.7. The molecule has 8 heteroatoms. The summed E-state index contributed by atoms with van der Waals surface area (Å²) in [5.74, 6) is 2.59. The highest BCUT2D eigenvalue weighted by molar-refractivity contribution is 5.94. The van der Waals surface area contributed by atoms with Crippen molar-refractivity contribution in [3.05, 3.63) is 90.3 Å². The molecule has 0 aliphatic carbocycles. The SMILES string of the molecule is COc1cc(Cc2nccc3cc(OC)c(OC)cc23)c(NC(=O)COc2ccc3ccccc3c2)cc1OC. The third kappa shape index (κ3) is 5.56. The first-order chi connectivity index (χ1) is 19.5. The number of hydrogen-bond donors (Lipinski definition) is 1. The molecule has 0 aliphatic heterocycles. The van der Waals surface area contributed by atoms with Crippen LogP contribution in [0.2, 0.25) is 0 Å². The quantitative estimate of drug-likeness (QED) is 0.232. The fourth-order valence-electron chi connectivity index (χ4n) is 4.66. The Balaban J connectivity index is 1.43. The van der Waals surface area contributed by atoms with Gasteiger partial charge in [-0.15, -0.1) is 0 Å². The lowest BCUT2D eigenvalue weighted by atomic mass is 10.0. The number of anilines is 1. The van der Waals surface area contributed by atoms with Crippen molar-refractivity contribution >= 4 is 33.1 Å². The molecular weight excluding hydrogens is 508 g/mol. The third-order valence-electron chi connectivity index (χ3n) is 6.68. The zero-order valence-corrected chi connectivity index (χ0v) is 22.8. The largest absolute Gasteiger partial charge is 0.493 e. The number of methoxy groups -OCH3 is 4. The fourth-order valence-corrected chi connectivity index (χ4v) is 4.66.